The summed E-state index contributed by atoms with van der Waals surface area (Å²) in [5.74, 6) is -1.85. The smallest absolute Gasteiger partial charge is 0.333 e. The van der Waals surface area contributed by atoms with E-state index < -0.39 is 18.0 Å². The molecule has 0 fully saturated rings. The Bertz CT molecular complexity index is 841. The van der Waals surface area contributed by atoms with Crippen LogP contribution in [-0.2, 0) is 14.3 Å². The molecule has 6 heteroatoms. The standard InChI is InChI=1S/C22H28O6/c1-8-13(4)22(26)28-19(10-9-12(2)3)14(5)17-11-18(24)15(6)20(25)21(17)27-16(7)23/h8-9,11,19,24-25H,5,10H2,1-4,6-7H3/b13-8-. The lowest BCUT2D eigenvalue weighted by molar-refractivity contribution is -0.141. The molecule has 1 atom stereocenters. The number of carbonyl (C=O) groups is 2. The third-order valence-electron chi connectivity index (χ3n) is 4.21. The Morgan fingerprint density at radius 2 is 1.82 bits per heavy atom. The molecule has 0 aliphatic heterocycles. The van der Waals surface area contributed by atoms with Crippen LogP contribution in [0, 0.1) is 6.92 Å². The first-order valence-electron chi connectivity index (χ1n) is 8.89. The Labute approximate surface area is 165 Å². The number of phenolic OH excluding ortho intramolecular Hbond substituents is 2. The first kappa shape index (κ1) is 23.0. The van der Waals surface area contributed by atoms with E-state index >= 15 is 0 Å². The number of phenols is 2. The number of rotatable bonds is 7. The highest BCUT2D eigenvalue weighted by atomic mass is 16.5. The molecule has 0 bridgehead atoms. The maximum Gasteiger partial charge on any atom is 0.333 e. The highest BCUT2D eigenvalue weighted by Gasteiger charge is 2.26. The van der Waals surface area contributed by atoms with E-state index in [0.29, 0.717) is 12.0 Å². The second kappa shape index (κ2) is 9.78. The van der Waals surface area contributed by atoms with Crippen LogP contribution in [0.5, 0.6) is 17.2 Å². The summed E-state index contributed by atoms with van der Waals surface area (Å²) in [7, 11) is 0. The molecule has 152 valence electrons. The van der Waals surface area contributed by atoms with Crippen LogP contribution in [0.1, 0.15) is 52.2 Å². The molecule has 0 spiro atoms. The summed E-state index contributed by atoms with van der Waals surface area (Å²) in [4.78, 5) is 23.8. The minimum atomic E-state index is -0.784. The van der Waals surface area contributed by atoms with E-state index in [2.05, 4.69) is 6.58 Å². The fourth-order valence-corrected chi connectivity index (χ4v) is 2.33. The van der Waals surface area contributed by atoms with E-state index in [-0.39, 0.29) is 33.9 Å². The van der Waals surface area contributed by atoms with Gasteiger partial charge in [0.2, 0.25) is 0 Å². The summed E-state index contributed by atoms with van der Waals surface area (Å²) >= 11 is 0. The van der Waals surface area contributed by atoms with Crippen molar-refractivity contribution in [2.45, 2.75) is 54.1 Å². The molecule has 1 unspecified atom stereocenters. The fraction of sp³-hybridized carbons (Fsp3) is 0.364. The molecule has 28 heavy (non-hydrogen) atoms. The van der Waals surface area contributed by atoms with Gasteiger partial charge in [-0.1, -0.05) is 24.3 Å². The quantitative estimate of drug-likeness (QED) is 0.307. The van der Waals surface area contributed by atoms with Crippen molar-refractivity contribution in [2.24, 2.45) is 0 Å². The molecule has 0 saturated carbocycles. The predicted molar refractivity (Wildman–Crippen MR) is 108 cm³/mol. The fourth-order valence-electron chi connectivity index (χ4n) is 2.33. The highest BCUT2D eigenvalue weighted by molar-refractivity contribution is 5.89. The van der Waals surface area contributed by atoms with Gasteiger partial charge in [-0.3, -0.25) is 4.79 Å². The first-order valence-corrected chi connectivity index (χ1v) is 8.89. The van der Waals surface area contributed by atoms with Crippen molar-refractivity contribution in [2.75, 3.05) is 0 Å². The van der Waals surface area contributed by atoms with E-state index in [9.17, 15) is 19.8 Å². The van der Waals surface area contributed by atoms with Gasteiger partial charge in [-0.15, -0.1) is 0 Å². The number of hydrogen-bond acceptors (Lipinski definition) is 6. The van der Waals surface area contributed by atoms with Crippen molar-refractivity contribution in [1.82, 2.24) is 0 Å². The van der Waals surface area contributed by atoms with Crippen molar-refractivity contribution in [1.29, 1.82) is 0 Å². The molecule has 0 aromatic heterocycles. The summed E-state index contributed by atoms with van der Waals surface area (Å²) in [5.41, 5.74) is 2.09. The second-order valence-corrected chi connectivity index (χ2v) is 6.75. The summed E-state index contributed by atoms with van der Waals surface area (Å²) in [5, 5.41) is 20.5. The number of benzene rings is 1. The SMILES string of the molecule is C=C(c1cc(O)c(C)c(O)c1OC(C)=O)C(CC=C(C)C)OC(=O)/C(C)=C\C. The Kier molecular flexibility index (Phi) is 8.04. The average molecular weight is 388 g/mol. The minimum Gasteiger partial charge on any atom is -0.508 e. The maximum absolute atomic E-state index is 12.3. The number of allylic oxidation sites excluding steroid dienone is 2. The zero-order chi connectivity index (χ0) is 21.6. The van der Waals surface area contributed by atoms with Crippen molar-refractivity contribution >= 4 is 17.5 Å². The topological polar surface area (TPSA) is 93.1 Å². The number of ether oxygens (including phenoxy) is 2. The molecule has 0 heterocycles. The zero-order valence-corrected chi connectivity index (χ0v) is 17.3. The van der Waals surface area contributed by atoms with Crippen LogP contribution in [0.2, 0.25) is 0 Å². The van der Waals surface area contributed by atoms with Crippen LogP contribution in [-0.4, -0.2) is 28.3 Å². The minimum absolute atomic E-state index is 0.131. The Morgan fingerprint density at radius 1 is 1.21 bits per heavy atom. The molecule has 1 rings (SSSR count). The Hall–Kier alpha value is -3.02. The molecule has 2 N–H and O–H groups in total. The number of aromatic hydroxyl groups is 2. The van der Waals surface area contributed by atoms with Gasteiger partial charge in [0.05, 0.1) is 0 Å². The lowest BCUT2D eigenvalue weighted by Crippen LogP contribution is -2.20. The van der Waals surface area contributed by atoms with Crippen LogP contribution >= 0.6 is 0 Å². The van der Waals surface area contributed by atoms with Crippen LogP contribution in [0.25, 0.3) is 5.57 Å². The molecule has 0 radical (unpaired) electrons. The van der Waals surface area contributed by atoms with Crippen molar-refractivity contribution in [3.05, 3.63) is 47.1 Å². The summed E-state index contributed by atoms with van der Waals surface area (Å²) in [6.07, 6.45) is 3.07. The van der Waals surface area contributed by atoms with Crippen LogP contribution in [0.15, 0.2) is 35.9 Å². The summed E-state index contributed by atoms with van der Waals surface area (Å²) in [6.45, 7) is 13.8. The summed E-state index contributed by atoms with van der Waals surface area (Å²) < 4.78 is 10.7. The molecular weight excluding hydrogens is 360 g/mol. The number of hydrogen-bond donors (Lipinski definition) is 2. The highest BCUT2D eigenvalue weighted by Crippen LogP contribution is 2.43. The largest absolute Gasteiger partial charge is 0.508 e. The van der Waals surface area contributed by atoms with E-state index in [0.717, 1.165) is 5.57 Å². The van der Waals surface area contributed by atoms with Gasteiger partial charge in [0.25, 0.3) is 0 Å². The second-order valence-electron chi connectivity index (χ2n) is 6.75. The first-order chi connectivity index (χ1) is 13.0. The molecule has 1 aromatic carbocycles. The predicted octanol–water partition coefficient (Wildman–Crippen LogP) is 4.58. The number of esters is 2. The van der Waals surface area contributed by atoms with Gasteiger partial charge in [0.1, 0.15) is 11.9 Å². The summed E-state index contributed by atoms with van der Waals surface area (Å²) in [6, 6.07) is 1.33. The van der Waals surface area contributed by atoms with Crippen molar-refractivity contribution in [3.8, 4) is 17.2 Å². The van der Waals surface area contributed by atoms with E-state index in [1.54, 1.807) is 19.9 Å². The van der Waals surface area contributed by atoms with Crippen LogP contribution in [0.3, 0.4) is 0 Å². The van der Waals surface area contributed by atoms with Gasteiger partial charge in [0, 0.05) is 30.0 Å². The van der Waals surface area contributed by atoms with Gasteiger partial charge in [0.15, 0.2) is 11.5 Å². The van der Waals surface area contributed by atoms with Gasteiger partial charge in [-0.2, -0.15) is 0 Å². The van der Waals surface area contributed by atoms with Crippen LogP contribution in [0.4, 0.5) is 0 Å². The van der Waals surface area contributed by atoms with E-state index in [1.807, 2.05) is 19.9 Å². The van der Waals surface area contributed by atoms with E-state index in [4.69, 9.17) is 9.47 Å². The van der Waals surface area contributed by atoms with Crippen LogP contribution < -0.4 is 4.74 Å². The van der Waals surface area contributed by atoms with Crippen molar-refractivity contribution < 1.29 is 29.3 Å². The molecule has 0 aliphatic rings. The zero-order valence-electron chi connectivity index (χ0n) is 17.3. The lowest BCUT2D eigenvalue weighted by Gasteiger charge is -2.22. The lowest BCUT2D eigenvalue weighted by atomic mass is 9.96. The Balaban J connectivity index is 3.46. The maximum atomic E-state index is 12.3. The molecule has 6 nitrogen and oxygen atoms in total. The van der Waals surface area contributed by atoms with Gasteiger partial charge >= 0.3 is 11.9 Å². The molecule has 1 aromatic rings. The van der Waals surface area contributed by atoms with Gasteiger partial charge in [-0.05, 0) is 46.3 Å². The average Bonchev–Trinajstić information content (AvgIpc) is 2.63. The third kappa shape index (κ3) is 5.74. The Morgan fingerprint density at radius 3 is 2.32 bits per heavy atom. The molecule has 0 aliphatic carbocycles. The number of carbonyl (C=O) groups excluding carboxylic acids is 2. The van der Waals surface area contributed by atoms with Gasteiger partial charge < -0.3 is 19.7 Å². The third-order valence-corrected chi connectivity index (χ3v) is 4.21. The molecular formula is C22H28O6. The monoisotopic (exact) mass is 388 g/mol. The normalized spacial score (nSPS) is 12.1. The van der Waals surface area contributed by atoms with E-state index in [1.165, 1.54) is 19.9 Å². The molecule has 0 saturated heterocycles. The van der Waals surface area contributed by atoms with Gasteiger partial charge in [-0.25, -0.2) is 4.79 Å². The molecule has 0 amide bonds. The van der Waals surface area contributed by atoms with Crippen molar-refractivity contribution in [3.63, 3.8) is 0 Å².